The Morgan fingerprint density at radius 3 is 1.71 bits per heavy atom. The maximum Gasteiger partial charge on any atom is 0.0794 e. The molecular weight excluding hydrogens is 508 g/mol. The predicted molar refractivity (Wildman–Crippen MR) is 176 cm³/mol. The van der Waals surface area contributed by atoms with E-state index in [2.05, 4.69) is 145 Å². The maximum absolute atomic E-state index is 5.33. The zero-order valence-corrected chi connectivity index (χ0v) is 22.9. The van der Waals surface area contributed by atoms with Crippen molar-refractivity contribution >= 4 is 32.6 Å². The number of hydrogen-bond donors (Lipinski definition) is 0. The minimum atomic E-state index is 0.960. The molecule has 2 heterocycles. The molecule has 2 nitrogen and oxygen atoms in total. The van der Waals surface area contributed by atoms with E-state index in [1.54, 1.807) is 0 Å². The number of hydrogen-bond acceptors (Lipinski definition) is 2. The summed E-state index contributed by atoms with van der Waals surface area (Å²) in [6, 6.07) is 53.6. The topological polar surface area (TPSA) is 25.8 Å². The average Bonchev–Trinajstić information content (AvgIpc) is 3.08. The maximum atomic E-state index is 5.33. The van der Waals surface area contributed by atoms with Gasteiger partial charge in [-0.15, -0.1) is 0 Å². The van der Waals surface area contributed by atoms with Crippen molar-refractivity contribution in [2.24, 2.45) is 0 Å². The van der Waals surface area contributed by atoms with Gasteiger partial charge in [0.1, 0.15) is 0 Å². The van der Waals surface area contributed by atoms with Crippen molar-refractivity contribution in [3.05, 3.63) is 158 Å². The normalized spacial score (nSPS) is 11.3. The Labute approximate surface area is 244 Å². The van der Waals surface area contributed by atoms with Gasteiger partial charge >= 0.3 is 0 Å². The van der Waals surface area contributed by atoms with E-state index in [1.807, 2.05) is 18.3 Å². The highest BCUT2D eigenvalue weighted by Gasteiger charge is 2.16. The van der Waals surface area contributed by atoms with Crippen molar-refractivity contribution in [2.45, 2.75) is 0 Å². The van der Waals surface area contributed by atoms with Gasteiger partial charge in [0, 0.05) is 33.5 Å². The third kappa shape index (κ3) is 4.22. The number of nitrogens with zero attached hydrogens (tertiary/aromatic N) is 2. The molecule has 0 radical (unpaired) electrons. The second kappa shape index (κ2) is 10.1. The minimum Gasteiger partial charge on any atom is -0.256 e. The summed E-state index contributed by atoms with van der Waals surface area (Å²) in [5, 5.41) is 4.66. The summed E-state index contributed by atoms with van der Waals surface area (Å²) in [7, 11) is 0. The van der Waals surface area contributed by atoms with Crippen LogP contribution >= 0.6 is 0 Å². The Kier molecular flexibility index (Phi) is 5.82. The number of rotatable bonds is 4. The Morgan fingerprint density at radius 2 is 0.976 bits per heavy atom. The lowest BCUT2D eigenvalue weighted by atomic mass is 9.91. The van der Waals surface area contributed by atoms with Crippen LogP contribution in [0, 0.1) is 0 Å². The molecule has 0 N–H and O–H groups in total. The fraction of sp³-hybridized carbons (Fsp3) is 0. The number of para-hydroxylation sites is 1. The summed E-state index contributed by atoms with van der Waals surface area (Å²) >= 11 is 0. The van der Waals surface area contributed by atoms with Crippen molar-refractivity contribution in [1.29, 1.82) is 0 Å². The molecule has 6 aromatic carbocycles. The highest BCUT2D eigenvalue weighted by molar-refractivity contribution is 6.16. The van der Waals surface area contributed by atoms with Gasteiger partial charge in [0.15, 0.2) is 0 Å². The molecule has 196 valence electrons. The van der Waals surface area contributed by atoms with Crippen LogP contribution in [-0.4, -0.2) is 9.97 Å². The van der Waals surface area contributed by atoms with Gasteiger partial charge in [0.25, 0.3) is 0 Å². The van der Waals surface area contributed by atoms with Gasteiger partial charge in [-0.25, -0.2) is 4.98 Å². The van der Waals surface area contributed by atoms with Crippen LogP contribution < -0.4 is 0 Å². The fourth-order valence-corrected chi connectivity index (χ4v) is 5.98. The van der Waals surface area contributed by atoms with Crippen molar-refractivity contribution < 1.29 is 0 Å². The standard InChI is InChI=1S/C40H26N2/c1-3-11-28(12-4-1)35-24-37-36(29-13-5-2-6-14-29)25-39(42-40(37)34-17-9-8-16-33(34)35)30-21-19-27(20-22-30)32-23-31-15-7-10-18-38(31)41-26-32/h1-26H. The largest absolute Gasteiger partial charge is 0.256 e. The van der Waals surface area contributed by atoms with Gasteiger partial charge in [-0.2, -0.15) is 0 Å². The van der Waals surface area contributed by atoms with Crippen LogP contribution in [-0.2, 0) is 0 Å². The molecule has 0 aliphatic rings. The van der Waals surface area contributed by atoms with Gasteiger partial charge < -0.3 is 0 Å². The average molecular weight is 535 g/mol. The summed E-state index contributed by atoms with van der Waals surface area (Å²) < 4.78 is 0. The van der Waals surface area contributed by atoms with Crippen molar-refractivity contribution in [3.63, 3.8) is 0 Å². The van der Waals surface area contributed by atoms with Crippen LogP contribution in [0.15, 0.2) is 158 Å². The van der Waals surface area contributed by atoms with Crippen LogP contribution in [0.2, 0.25) is 0 Å². The summed E-state index contributed by atoms with van der Waals surface area (Å²) in [6.07, 6.45) is 1.95. The highest BCUT2D eigenvalue weighted by atomic mass is 14.7. The zero-order chi connectivity index (χ0) is 27.9. The van der Waals surface area contributed by atoms with E-state index in [-0.39, 0.29) is 0 Å². The lowest BCUT2D eigenvalue weighted by Gasteiger charge is -2.16. The van der Waals surface area contributed by atoms with E-state index in [0.29, 0.717) is 0 Å². The number of pyridine rings is 2. The summed E-state index contributed by atoms with van der Waals surface area (Å²) in [5.41, 5.74) is 11.1. The Bertz CT molecular complexity index is 2220. The molecule has 42 heavy (non-hydrogen) atoms. The third-order valence-electron chi connectivity index (χ3n) is 8.09. The summed E-state index contributed by atoms with van der Waals surface area (Å²) in [4.78, 5) is 9.99. The van der Waals surface area contributed by atoms with Crippen LogP contribution in [0.1, 0.15) is 0 Å². The van der Waals surface area contributed by atoms with Crippen molar-refractivity contribution in [2.75, 3.05) is 0 Å². The Balaban J connectivity index is 1.33. The molecule has 2 aromatic heterocycles. The van der Waals surface area contributed by atoms with E-state index < -0.39 is 0 Å². The van der Waals surface area contributed by atoms with Crippen LogP contribution in [0.3, 0.4) is 0 Å². The van der Waals surface area contributed by atoms with Gasteiger partial charge in [-0.1, -0.05) is 127 Å². The second-order valence-electron chi connectivity index (χ2n) is 10.6. The lowest BCUT2D eigenvalue weighted by molar-refractivity contribution is 1.40. The van der Waals surface area contributed by atoms with Gasteiger partial charge in [0.05, 0.1) is 16.7 Å². The molecular formula is C40H26N2. The van der Waals surface area contributed by atoms with Crippen LogP contribution in [0.25, 0.3) is 77.2 Å². The molecule has 2 heteroatoms. The number of aromatic nitrogens is 2. The molecule has 0 spiro atoms. The van der Waals surface area contributed by atoms with E-state index in [4.69, 9.17) is 4.98 Å². The summed E-state index contributed by atoms with van der Waals surface area (Å²) in [6.45, 7) is 0. The molecule has 0 aliphatic carbocycles. The van der Waals surface area contributed by atoms with E-state index in [1.165, 1.54) is 27.6 Å². The Morgan fingerprint density at radius 1 is 0.381 bits per heavy atom. The smallest absolute Gasteiger partial charge is 0.0794 e. The van der Waals surface area contributed by atoms with E-state index in [0.717, 1.165) is 49.6 Å². The molecule has 0 bridgehead atoms. The molecule has 0 unspecified atom stereocenters. The first-order chi connectivity index (χ1) is 20.8. The fourth-order valence-electron chi connectivity index (χ4n) is 5.98. The monoisotopic (exact) mass is 534 g/mol. The first kappa shape index (κ1) is 24.2. The van der Waals surface area contributed by atoms with Gasteiger partial charge in [0.2, 0.25) is 0 Å². The third-order valence-corrected chi connectivity index (χ3v) is 8.09. The molecule has 8 rings (SSSR count). The second-order valence-corrected chi connectivity index (χ2v) is 10.6. The first-order valence-electron chi connectivity index (χ1n) is 14.2. The van der Waals surface area contributed by atoms with Gasteiger partial charge in [-0.3, -0.25) is 4.98 Å². The molecule has 0 aliphatic heterocycles. The first-order valence-corrected chi connectivity index (χ1v) is 14.2. The predicted octanol–water partition coefficient (Wildman–Crippen LogP) is 10.6. The SMILES string of the molecule is c1ccc(-c2cc3c(-c4ccccc4)cc(-c4ccc(-c5cnc6ccccc6c5)cc4)nc3c3ccccc23)cc1. The van der Waals surface area contributed by atoms with Crippen molar-refractivity contribution in [1.82, 2.24) is 9.97 Å². The minimum absolute atomic E-state index is 0.960. The lowest BCUT2D eigenvalue weighted by Crippen LogP contribution is -1.93. The molecule has 0 saturated heterocycles. The van der Waals surface area contributed by atoms with Crippen molar-refractivity contribution in [3.8, 4) is 44.6 Å². The molecule has 0 fully saturated rings. The Hall–Kier alpha value is -5.60. The zero-order valence-electron chi connectivity index (χ0n) is 22.9. The van der Waals surface area contributed by atoms with Gasteiger partial charge in [-0.05, 0) is 57.5 Å². The van der Waals surface area contributed by atoms with Crippen LogP contribution in [0.5, 0.6) is 0 Å². The van der Waals surface area contributed by atoms with E-state index in [9.17, 15) is 0 Å². The van der Waals surface area contributed by atoms with E-state index >= 15 is 0 Å². The van der Waals surface area contributed by atoms with Crippen LogP contribution in [0.4, 0.5) is 0 Å². The number of fused-ring (bicyclic) bond motifs is 4. The molecule has 8 aromatic rings. The molecule has 0 atom stereocenters. The molecule has 0 saturated carbocycles. The molecule has 0 amide bonds. The quantitative estimate of drug-likeness (QED) is 0.210. The summed E-state index contributed by atoms with van der Waals surface area (Å²) in [5.74, 6) is 0. The highest BCUT2D eigenvalue weighted by Crippen LogP contribution is 2.40. The number of benzene rings is 6.